The van der Waals surface area contributed by atoms with Crippen LogP contribution in [0.2, 0.25) is 0 Å². The number of hydrazone groups is 1. The van der Waals surface area contributed by atoms with Crippen molar-refractivity contribution in [3.8, 4) is 5.75 Å². The predicted molar refractivity (Wildman–Crippen MR) is 145 cm³/mol. The summed E-state index contributed by atoms with van der Waals surface area (Å²) >= 11 is 0. The first kappa shape index (κ1) is 24.5. The summed E-state index contributed by atoms with van der Waals surface area (Å²) in [6, 6.07) is 25.4. The van der Waals surface area contributed by atoms with Crippen molar-refractivity contribution in [1.82, 2.24) is 15.0 Å². The van der Waals surface area contributed by atoms with Crippen LogP contribution in [0.4, 0.5) is 23.5 Å². The lowest BCUT2D eigenvalue weighted by Gasteiger charge is -2.10. The van der Waals surface area contributed by atoms with Crippen LogP contribution < -0.4 is 20.8 Å². The number of halogens is 1. The highest BCUT2D eigenvalue weighted by atomic mass is 35.5. The number of methoxy groups -OCH3 is 1. The predicted octanol–water partition coefficient (Wildman–Crippen LogP) is 5.85. The van der Waals surface area contributed by atoms with E-state index in [1.54, 1.807) is 19.6 Å². The Balaban J connectivity index is 0.00000304. The van der Waals surface area contributed by atoms with Crippen molar-refractivity contribution in [1.29, 1.82) is 0 Å². The van der Waals surface area contributed by atoms with Crippen molar-refractivity contribution in [3.05, 3.63) is 96.4 Å². The Morgan fingerprint density at radius 3 is 2.44 bits per heavy atom. The second kappa shape index (κ2) is 11.7. The number of rotatable bonds is 9. The number of hydrogen-bond donors (Lipinski definition) is 3. The van der Waals surface area contributed by atoms with Crippen LogP contribution in [-0.4, -0.2) is 28.3 Å². The first-order chi connectivity index (χ1) is 17.3. The third-order valence-corrected chi connectivity index (χ3v) is 5.17. The molecule has 0 bridgehead atoms. The molecule has 0 aliphatic heterocycles. The smallest absolute Gasteiger partial charge is 0.250 e. The Kier molecular flexibility index (Phi) is 7.94. The van der Waals surface area contributed by atoms with E-state index in [4.69, 9.17) is 9.15 Å². The van der Waals surface area contributed by atoms with Crippen molar-refractivity contribution < 1.29 is 9.15 Å². The van der Waals surface area contributed by atoms with E-state index in [-0.39, 0.29) is 18.4 Å². The van der Waals surface area contributed by atoms with Gasteiger partial charge in [-0.25, -0.2) is 5.43 Å². The molecule has 0 fully saturated rings. The molecule has 9 nitrogen and oxygen atoms in total. The lowest BCUT2D eigenvalue weighted by Crippen LogP contribution is -2.09. The molecule has 0 saturated carbocycles. The Morgan fingerprint density at radius 2 is 1.64 bits per heavy atom. The molecule has 0 aliphatic carbocycles. The summed E-state index contributed by atoms with van der Waals surface area (Å²) in [5.41, 5.74) is 4.71. The summed E-state index contributed by atoms with van der Waals surface area (Å²) in [6.07, 6.45) is 3.37. The second-order valence-electron chi connectivity index (χ2n) is 7.53. The topological polar surface area (TPSA) is 109 Å². The van der Waals surface area contributed by atoms with Gasteiger partial charge >= 0.3 is 0 Å². The van der Waals surface area contributed by atoms with Gasteiger partial charge < -0.3 is 19.8 Å². The zero-order chi connectivity index (χ0) is 23.9. The van der Waals surface area contributed by atoms with E-state index >= 15 is 0 Å². The van der Waals surface area contributed by atoms with Crippen molar-refractivity contribution in [2.45, 2.75) is 6.54 Å². The number of anilines is 4. The molecular formula is C26H24ClN7O2. The first-order valence-electron chi connectivity index (χ1n) is 11.0. The average molecular weight is 502 g/mol. The number of aromatic nitrogens is 3. The van der Waals surface area contributed by atoms with Crippen LogP contribution in [0, 0.1) is 0 Å². The molecule has 0 amide bonds. The Labute approximate surface area is 214 Å². The quantitative estimate of drug-likeness (QED) is 0.170. The minimum atomic E-state index is 0. The largest absolute Gasteiger partial charge is 0.497 e. The summed E-state index contributed by atoms with van der Waals surface area (Å²) in [5, 5.41) is 13.0. The summed E-state index contributed by atoms with van der Waals surface area (Å²) in [6.45, 7) is 0.428. The second-order valence-corrected chi connectivity index (χ2v) is 7.53. The zero-order valence-corrected chi connectivity index (χ0v) is 20.2. The number of furan rings is 1. The molecule has 0 aliphatic rings. The highest BCUT2D eigenvalue weighted by Crippen LogP contribution is 2.20. The van der Waals surface area contributed by atoms with Crippen LogP contribution in [0.1, 0.15) is 11.3 Å². The third-order valence-electron chi connectivity index (χ3n) is 5.17. The number of benzene rings is 3. The van der Waals surface area contributed by atoms with Crippen LogP contribution in [0.25, 0.3) is 10.8 Å². The lowest BCUT2D eigenvalue weighted by atomic mass is 10.1. The van der Waals surface area contributed by atoms with Crippen LogP contribution in [-0.2, 0) is 6.54 Å². The van der Waals surface area contributed by atoms with Gasteiger partial charge in [0.15, 0.2) is 0 Å². The number of fused-ring (bicyclic) bond motifs is 1. The van der Waals surface area contributed by atoms with Crippen molar-refractivity contribution >= 4 is 52.9 Å². The molecule has 0 unspecified atom stereocenters. The zero-order valence-electron chi connectivity index (χ0n) is 19.4. The van der Waals surface area contributed by atoms with E-state index in [1.807, 2.05) is 60.7 Å². The minimum Gasteiger partial charge on any atom is -0.497 e. The van der Waals surface area contributed by atoms with Gasteiger partial charge in [0.25, 0.3) is 0 Å². The molecule has 36 heavy (non-hydrogen) atoms. The molecule has 2 heterocycles. The molecule has 0 spiro atoms. The molecule has 2 aromatic heterocycles. The Hall–Kier alpha value is -4.63. The number of hydrogen-bond acceptors (Lipinski definition) is 9. The molecule has 3 N–H and O–H groups in total. The van der Waals surface area contributed by atoms with Crippen molar-refractivity contribution in [2.24, 2.45) is 5.10 Å². The van der Waals surface area contributed by atoms with Gasteiger partial charge in [0.2, 0.25) is 17.8 Å². The molecule has 3 aromatic carbocycles. The van der Waals surface area contributed by atoms with E-state index in [9.17, 15) is 0 Å². The van der Waals surface area contributed by atoms with E-state index in [2.05, 4.69) is 54.3 Å². The van der Waals surface area contributed by atoms with E-state index in [0.717, 1.165) is 33.5 Å². The van der Waals surface area contributed by atoms with Gasteiger partial charge in [-0.15, -0.1) is 12.4 Å². The van der Waals surface area contributed by atoms with Crippen molar-refractivity contribution in [2.75, 3.05) is 23.2 Å². The average Bonchev–Trinajstić information content (AvgIpc) is 3.42. The standard InChI is InChI=1S/C26H23N7O2.ClH/c1-34-21-13-11-20(12-14-21)29-25-30-24(27-17-22-9-5-15-35-22)31-26(32-25)33-28-16-19-8-4-7-18-6-2-3-10-23(18)19;/h2-16H,17H2,1H3,(H3,27,29,30,31,32,33);1H/b28-16-;. The van der Waals surface area contributed by atoms with Gasteiger partial charge in [0.1, 0.15) is 11.5 Å². The molecular weight excluding hydrogens is 478 g/mol. The van der Waals surface area contributed by atoms with Gasteiger partial charge in [-0.05, 0) is 47.2 Å². The molecule has 0 atom stereocenters. The maximum absolute atomic E-state index is 5.38. The molecule has 5 aromatic rings. The summed E-state index contributed by atoms with van der Waals surface area (Å²) < 4.78 is 10.6. The first-order valence-corrected chi connectivity index (χ1v) is 11.0. The summed E-state index contributed by atoms with van der Waals surface area (Å²) in [5.74, 6) is 2.54. The maximum Gasteiger partial charge on any atom is 0.250 e. The third kappa shape index (κ3) is 6.08. The monoisotopic (exact) mass is 501 g/mol. The van der Waals surface area contributed by atoms with E-state index in [0.29, 0.717) is 18.4 Å². The molecule has 0 radical (unpaired) electrons. The summed E-state index contributed by atoms with van der Waals surface area (Å²) in [4.78, 5) is 13.4. The van der Waals surface area contributed by atoms with Crippen molar-refractivity contribution in [3.63, 3.8) is 0 Å². The number of nitrogens with zero attached hydrogens (tertiary/aromatic N) is 4. The van der Waals surface area contributed by atoms with Gasteiger partial charge in [-0.3, -0.25) is 0 Å². The highest BCUT2D eigenvalue weighted by Gasteiger charge is 2.08. The van der Waals surface area contributed by atoms with Crippen LogP contribution in [0.15, 0.2) is 94.6 Å². The van der Waals surface area contributed by atoms with Gasteiger partial charge in [-0.1, -0.05) is 42.5 Å². The van der Waals surface area contributed by atoms with Crippen LogP contribution in [0.5, 0.6) is 5.75 Å². The normalized spacial score (nSPS) is 10.7. The van der Waals surface area contributed by atoms with Crippen LogP contribution in [0.3, 0.4) is 0 Å². The molecule has 5 rings (SSSR count). The minimum absolute atomic E-state index is 0. The Morgan fingerprint density at radius 1 is 0.861 bits per heavy atom. The van der Waals surface area contributed by atoms with Gasteiger partial charge in [-0.2, -0.15) is 20.1 Å². The lowest BCUT2D eigenvalue weighted by molar-refractivity contribution is 0.415. The molecule has 182 valence electrons. The SMILES string of the molecule is COc1ccc(Nc2nc(NCc3ccco3)nc(N/N=C\c3cccc4ccccc34)n2)cc1.Cl. The fraction of sp³-hybridized carbons (Fsp3) is 0.0769. The fourth-order valence-electron chi connectivity index (χ4n) is 3.47. The van der Waals surface area contributed by atoms with E-state index < -0.39 is 0 Å². The van der Waals surface area contributed by atoms with Crippen LogP contribution >= 0.6 is 12.4 Å². The van der Waals surface area contributed by atoms with Gasteiger partial charge in [0.05, 0.1) is 26.1 Å². The number of ether oxygens (including phenoxy) is 1. The molecule has 10 heteroatoms. The van der Waals surface area contributed by atoms with Gasteiger partial charge in [0, 0.05) is 11.3 Å². The fourth-order valence-corrected chi connectivity index (χ4v) is 3.47. The maximum atomic E-state index is 5.38. The molecule has 0 saturated heterocycles. The Bertz CT molecular complexity index is 1440. The number of nitrogens with one attached hydrogen (secondary N) is 3. The highest BCUT2D eigenvalue weighted by molar-refractivity contribution is 5.99. The summed E-state index contributed by atoms with van der Waals surface area (Å²) in [7, 11) is 1.63. The van der Waals surface area contributed by atoms with E-state index in [1.165, 1.54) is 0 Å².